The maximum atomic E-state index is 11.0. The van der Waals surface area contributed by atoms with Crippen molar-refractivity contribution in [2.75, 3.05) is 18.0 Å². The quantitative estimate of drug-likeness (QED) is 0.866. The van der Waals surface area contributed by atoms with E-state index < -0.39 is 5.97 Å². The smallest absolute Gasteiger partial charge is 0.335 e. The van der Waals surface area contributed by atoms with Crippen molar-refractivity contribution in [1.29, 1.82) is 0 Å². The Labute approximate surface area is 112 Å². The van der Waals surface area contributed by atoms with E-state index in [0.29, 0.717) is 5.56 Å². The molecule has 5 nitrogen and oxygen atoms in total. The molecule has 0 spiro atoms. The van der Waals surface area contributed by atoms with E-state index in [1.54, 1.807) is 12.1 Å². The van der Waals surface area contributed by atoms with Gasteiger partial charge in [0.25, 0.3) is 0 Å². The number of rotatable bonds is 3. The number of piperidine rings is 1. The Kier molecular flexibility index (Phi) is 4.04. The summed E-state index contributed by atoms with van der Waals surface area (Å²) in [5.41, 5.74) is 1.34. The molecule has 0 bridgehead atoms. The fourth-order valence-corrected chi connectivity index (χ4v) is 2.38. The van der Waals surface area contributed by atoms with Crippen molar-refractivity contribution < 1.29 is 14.7 Å². The van der Waals surface area contributed by atoms with Crippen molar-refractivity contribution >= 4 is 17.6 Å². The molecule has 0 aromatic heterocycles. The normalized spacial score (nSPS) is 16.2. The van der Waals surface area contributed by atoms with Gasteiger partial charge >= 0.3 is 5.97 Å². The number of amides is 1. The van der Waals surface area contributed by atoms with Crippen LogP contribution >= 0.6 is 0 Å². The lowest BCUT2D eigenvalue weighted by Crippen LogP contribution is -2.44. The Hall–Kier alpha value is -2.04. The van der Waals surface area contributed by atoms with Gasteiger partial charge < -0.3 is 15.3 Å². The fourth-order valence-electron chi connectivity index (χ4n) is 2.38. The summed E-state index contributed by atoms with van der Waals surface area (Å²) in [6.45, 7) is 3.28. The number of aromatic carboxylic acids is 1. The van der Waals surface area contributed by atoms with Gasteiger partial charge in [-0.15, -0.1) is 0 Å². The zero-order valence-electron chi connectivity index (χ0n) is 10.9. The number of hydrogen-bond acceptors (Lipinski definition) is 3. The van der Waals surface area contributed by atoms with Crippen LogP contribution in [0.2, 0.25) is 0 Å². The molecule has 0 unspecified atom stereocenters. The SMILES string of the molecule is CC(=O)NC1CCN(c2ccc(C(=O)O)cc2)CC1. The van der Waals surface area contributed by atoms with E-state index in [0.717, 1.165) is 31.6 Å². The van der Waals surface area contributed by atoms with Crippen molar-refractivity contribution in [3.63, 3.8) is 0 Å². The summed E-state index contributed by atoms with van der Waals surface area (Å²) >= 11 is 0. The molecule has 0 atom stereocenters. The number of nitrogens with one attached hydrogen (secondary N) is 1. The Bertz CT molecular complexity index is 462. The zero-order valence-corrected chi connectivity index (χ0v) is 10.9. The van der Waals surface area contributed by atoms with Gasteiger partial charge in [-0.3, -0.25) is 4.79 Å². The van der Waals surface area contributed by atoms with E-state index in [4.69, 9.17) is 5.11 Å². The van der Waals surface area contributed by atoms with Gasteiger partial charge in [0, 0.05) is 31.7 Å². The second kappa shape index (κ2) is 5.73. The second-order valence-corrected chi connectivity index (χ2v) is 4.81. The number of carboxylic acid groups (broad SMARTS) is 1. The van der Waals surface area contributed by atoms with Gasteiger partial charge in [-0.1, -0.05) is 0 Å². The van der Waals surface area contributed by atoms with Crippen molar-refractivity contribution in [2.24, 2.45) is 0 Å². The summed E-state index contributed by atoms with van der Waals surface area (Å²) in [5.74, 6) is -0.889. The van der Waals surface area contributed by atoms with Crippen LogP contribution in [0, 0.1) is 0 Å². The Morgan fingerprint density at radius 2 is 1.79 bits per heavy atom. The molecule has 19 heavy (non-hydrogen) atoms. The summed E-state index contributed by atoms with van der Waals surface area (Å²) in [5, 5.41) is 11.8. The molecule has 1 aliphatic rings. The predicted molar refractivity (Wildman–Crippen MR) is 72.5 cm³/mol. The van der Waals surface area contributed by atoms with E-state index in [-0.39, 0.29) is 11.9 Å². The predicted octanol–water partition coefficient (Wildman–Crippen LogP) is 1.49. The fraction of sp³-hybridized carbons (Fsp3) is 0.429. The monoisotopic (exact) mass is 262 g/mol. The highest BCUT2D eigenvalue weighted by Gasteiger charge is 2.19. The van der Waals surface area contributed by atoms with Crippen LogP contribution in [-0.2, 0) is 4.79 Å². The van der Waals surface area contributed by atoms with Crippen LogP contribution in [0.4, 0.5) is 5.69 Å². The Morgan fingerprint density at radius 1 is 1.21 bits per heavy atom. The minimum atomic E-state index is -0.907. The van der Waals surface area contributed by atoms with Crippen LogP contribution in [0.5, 0.6) is 0 Å². The standard InChI is InChI=1S/C14H18N2O3/c1-10(17)15-12-6-8-16(9-7-12)13-4-2-11(3-5-13)14(18)19/h2-5,12H,6-9H2,1H3,(H,15,17)(H,18,19). The Balaban J connectivity index is 1.94. The van der Waals surface area contributed by atoms with Crippen LogP contribution in [0.15, 0.2) is 24.3 Å². The number of carbonyl (C=O) groups excluding carboxylic acids is 1. The third kappa shape index (κ3) is 3.47. The molecule has 1 aliphatic heterocycles. The summed E-state index contributed by atoms with van der Waals surface area (Å²) < 4.78 is 0. The van der Waals surface area contributed by atoms with Crippen LogP contribution < -0.4 is 10.2 Å². The van der Waals surface area contributed by atoms with Crippen LogP contribution in [0.3, 0.4) is 0 Å². The van der Waals surface area contributed by atoms with Gasteiger partial charge in [-0.05, 0) is 37.1 Å². The van der Waals surface area contributed by atoms with E-state index in [2.05, 4.69) is 10.2 Å². The molecule has 2 rings (SSSR count). The van der Waals surface area contributed by atoms with Crippen molar-refractivity contribution in [3.8, 4) is 0 Å². The lowest BCUT2D eigenvalue weighted by Gasteiger charge is -2.33. The largest absolute Gasteiger partial charge is 0.478 e. The molecule has 1 fully saturated rings. The summed E-state index contributed by atoms with van der Waals surface area (Å²) in [6.07, 6.45) is 1.83. The highest BCUT2D eigenvalue weighted by molar-refractivity contribution is 5.88. The van der Waals surface area contributed by atoms with Gasteiger partial charge in [0.15, 0.2) is 0 Å². The van der Waals surface area contributed by atoms with Gasteiger partial charge in [0.2, 0.25) is 5.91 Å². The number of benzene rings is 1. The first-order valence-electron chi connectivity index (χ1n) is 6.41. The summed E-state index contributed by atoms with van der Waals surface area (Å²) in [4.78, 5) is 24.0. The van der Waals surface area contributed by atoms with Gasteiger partial charge in [-0.25, -0.2) is 4.79 Å². The third-order valence-corrected chi connectivity index (χ3v) is 3.38. The number of anilines is 1. The highest BCUT2D eigenvalue weighted by atomic mass is 16.4. The molecule has 0 saturated carbocycles. The van der Waals surface area contributed by atoms with E-state index in [1.165, 1.54) is 6.92 Å². The van der Waals surface area contributed by atoms with Gasteiger partial charge in [0.05, 0.1) is 5.56 Å². The lowest BCUT2D eigenvalue weighted by atomic mass is 10.0. The highest BCUT2D eigenvalue weighted by Crippen LogP contribution is 2.20. The molecule has 102 valence electrons. The molecule has 1 saturated heterocycles. The van der Waals surface area contributed by atoms with Crippen LogP contribution in [0.25, 0.3) is 0 Å². The van der Waals surface area contributed by atoms with Gasteiger partial charge in [-0.2, -0.15) is 0 Å². The summed E-state index contributed by atoms with van der Waals surface area (Å²) in [6, 6.07) is 7.17. The minimum Gasteiger partial charge on any atom is -0.478 e. The average molecular weight is 262 g/mol. The number of carboxylic acids is 1. The second-order valence-electron chi connectivity index (χ2n) is 4.81. The molecule has 0 aliphatic carbocycles. The molecular formula is C14H18N2O3. The van der Waals surface area contributed by atoms with Crippen molar-refractivity contribution in [3.05, 3.63) is 29.8 Å². The van der Waals surface area contributed by atoms with Gasteiger partial charge in [0.1, 0.15) is 0 Å². The van der Waals surface area contributed by atoms with E-state index in [1.807, 2.05) is 12.1 Å². The molecule has 1 aromatic rings. The van der Waals surface area contributed by atoms with Crippen LogP contribution in [-0.4, -0.2) is 36.1 Å². The van der Waals surface area contributed by atoms with E-state index >= 15 is 0 Å². The molecule has 5 heteroatoms. The topological polar surface area (TPSA) is 69.6 Å². The maximum Gasteiger partial charge on any atom is 0.335 e. The summed E-state index contributed by atoms with van der Waals surface area (Å²) in [7, 11) is 0. The third-order valence-electron chi connectivity index (χ3n) is 3.38. The van der Waals surface area contributed by atoms with E-state index in [9.17, 15) is 9.59 Å². The minimum absolute atomic E-state index is 0.0178. The zero-order chi connectivity index (χ0) is 13.8. The first-order valence-corrected chi connectivity index (χ1v) is 6.41. The molecule has 2 N–H and O–H groups in total. The Morgan fingerprint density at radius 3 is 2.26 bits per heavy atom. The molecule has 1 amide bonds. The average Bonchev–Trinajstić information content (AvgIpc) is 2.39. The molecule has 1 heterocycles. The van der Waals surface area contributed by atoms with Crippen molar-refractivity contribution in [1.82, 2.24) is 5.32 Å². The number of carbonyl (C=O) groups is 2. The number of hydrogen-bond donors (Lipinski definition) is 2. The lowest BCUT2D eigenvalue weighted by molar-refractivity contribution is -0.119. The molecule has 1 aromatic carbocycles. The first-order chi connectivity index (χ1) is 9.06. The molecule has 0 radical (unpaired) electrons. The first kappa shape index (κ1) is 13.4. The maximum absolute atomic E-state index is 11.0. The van der Waals surface area contributed by atoms with Crippen molar-refractivity contribution in [2.45, 2.75) is 25.8 Å². The molecular weight excluding hydrogens is 244 g/mol. The number of nitrogens with zero attached hydrogens (tertiary/aromatic N) is 1. The van der Waals surface area contributed by atoms with Crippen LogP contribution in [0.1, 0.15) is 30.1 Å².